The molecule has 2 rings (SSSR count). The average molecular weight is 326 g/mol. The molecule has 0 spiro atoms. The third-order valence-electron chi connectivity index (χ3n) is 3.42. The maximum Gasteiger partial charge on any atom is 0.271 e. The molecule has 126 valence electrons. The largest absolute Gasteiger partial charge is 0.497 e. The predicted molar refractivity (Wildman–Crippen MR) is 94.9 cm³/mol. The molecule has 5 heteroatoms. The van der Waals surface area contributed by atoms with Crippen molar-refractivity contribution in [3.8, 4) is 11.5 Å². The Hall–Kier alpha value is -2.82. The maximum absolute atomic E-state index is 12.1. The van der Waals surface area contributed by atoms with Crippen LogP contribution in [0.3, 0.4) is 0 Å². The molecule has 1 amide bonds. The van der Waals surface area contributed by atoms with Crippen molar-refractivity contribution in [2.45, 2.75) is 20.3 Å². The first kappa shape index (κ1) is 17.5. The van der Waals surface area contributed by atoms with Gasteiger partial charge < -0.3 is 9.47 Å². The van der Waals surface area contributed by atoms with E-state index in [9.17, 15) is 4.79 Å². The minimum Gasteiger partial charge on any atom is -0.497 e. The molecule has 0 fully saturated rings. The van der Waals surface area contributed by atoms with Gasteiger partial charge in [0.05, 0.1) is 19.4 Å². The first-order chi connectivity index (χ1) is 11.6. The van der Waals surface area contributed by atoms with Gasteiger partial charge in [0.1, 0.15) is 11.5 Å². The molecule has 0 aromatic heterocycles. The van der Waals surface area contributed by atoms with Crippen LogP contribution >= 0.6 is 0 Å². The molecule has 24 heavy (non-hydrogen) atoms. The van der Waals surface area contributed by atoms with Gasteiger partial charge in [0.25, 0.3) is 5.91 Å². The van der Waals surface area contributed by atoms with E-state index in [2.05, 4.69) is 10.5 Å². The monoisotopic (exact) mass is 326 g/mol. The van der Waals surface area contributed by atoms with Gasteiger partial charge in [0.15, 0.2) is 0 Å². The second-order valence-electron chi connectivity index (χ2n) is 5.24. The lowest BCUT2D eigenvalue weighted by Gasteiger charge is -2.06. The van der Waals surface area contributed by atoms with Crippen molar-refractivity contribution in [3.63, 3.8) is 0 Å². The Kier molecular flexibility index (Phi) is 6.37. The molecule has 0 unspecified atom stereocenters. The van der Waals surface area contributed by atoms with Gasteiger partial charge in [-0.25, -0.2) is 5.43 Å². The molecule has 0 saturated heterocycles. The molecule has 0 atom stereocenters. The normalized spacial score (nSPS) is 11.0. The summed E-state index contributed by atoms with van der Waals surface area (Å²) >= 11 is 0. The summed E-state index contributed by atoms with van der Waals surface area (Å²) in [6.45, 7) is 4.55. The lowest BCUT2D eigenvalue weighted by atomic mass is 10.1. The van der Waals surface area contributed by atoms with E-state index in [1.165, 1.54) is 0 Å². The van der Waals surface area contributed by atoms with Gasteiger partial charge in [-0.15, -0.1) is 0 Å². The Morgan fingerprint density at radius 1 is 1.00 bits per heavy atom. The molecule has 0 aliphatic rings. The van der Waals surface area contributed by atoms with Crippen LogP contribution in [-0.2, 0) is 0 Å². The fraction of sp³-hybridized carbons (Fsp3) is 0.263. The summed E-state index contributed by atoms with van der Waals surface area (Å²) in [5.74, 6) is 1.28. The van der Waals surface area contributed by atoms with Crippen LogP contribution in [0.15, 0.2) is 53.6 Å². The highest BCUT2D eigenvalue weighted by Gasteiger charge is 2.05. The molecule has 5 nitrogen and oxygen atoms in total. The van der Waals surface area contributed by atoms with E-state index in [4.69, 9.17) is 9.47 Å². The zero-order chi connectivity index (χ0) is 17.4. The number of hydrogen-bond acceptors (Lipinski definition) is 4. The molecule has 0 heterocycles. The SMILES string of the molecule is CCCOc1ccc(C(=O)N/N=C(\C)c2ccc(OC)cc2)cc1. The fourth-order valence-corrected chi connectivity index (χ4v) is 2.02. The van der Waals surface area contributed by atoms with Crippen LogP contribution in [0.4, 0.5) is 0 Å². The Morgan fingerprint density at radius 2 is 1.58 bits per heavy atom. The highest BCUT2D eigenvalue weighted by molar-refractivity contribution is 6.00. The molecular weight excluding hydrogens is 304 g/mol. The van der Waals surface area contributed by atoms with E-state index in [1.54, 1.807) is 31.4 Å². The zero-order valence-electron chi connectivity index (χ0n) is 14.2. The first-order valence-electron chi connectivity index (χ1n) is 7.86. The lowest BCUT2D eigenvalue weighted by Crippen LogP contribution is -2.19. The fourth-order valence-electron chi connectivity index (χ4n) is 2.02. The van der Waals surface area contributed by atoms with Gasteiger partial charge in [0.2, 0.25) is 0 Å². The number of amides is 1. The van der Waals surface area contributed by atoms with Gasteiger partial charge in [0, 0.05) is 5.56 Å². The third-order valence-corrected chi connectivity index (χ3v) is 3.42. The molecule has 0 saturated carbocycles. The van der Waals surface area contributed by atoms with Crippen LogP contribution in [0.5, 0.6) is 11.5 Å². The van der Waals surface area contributed by atoms with E-state index in [0.29, 0.717) is 17.9 Å². The highest BCUT2D eigenvalue weighted by atomic mass is 16.5. The van der Waals surface area contributed by atoms with Crippen LogP contribution in [0, 0.1) is 0 Å². The molecule has 2 aromatic carbocycles. The zero-order valence-corrected chi connectivity index (χ0v) is 14.2. The summed E-state index contributed by atoms with van der Waals surface area (Å²) in [6, 6.07) is 14.5. The molecule has 0 aliphatic heterocycles. The van der Waals surface area contributed by atoms with Gasteiger partial charge in [-0.05, 0) is 67.4 Å². The second-order valence-corrected chi connectivity index (χ2v) is 5.24. The number of hydrazone groups is 1. The number of nitrogens with zero attached hydrogens (tertiary/aromatic N) is 1. The third kappa shape index (κ3) is 4.84. The van der Waals surface area contributed by atoms with Crippen molar-refractivity contribution in [1.29, 1.82) is 0 Å². The predicted octanol–water partition coefficient (Wildman–Crippen LogP) is 3.64. The van der Waals surface area contributed by atoms with Crippen molar-refractivity contribution in [1.82, 2.24) is 5.43 Å². The maximum atomic E-state index is 12.1. The Morgan fingerprint density at radius 3 is 2.17 bits per heavy atom. The van der Waals surface area contributed by atoms with E-state index < -0.39 is 0 Å². The minimum atomic E-state index is -0.259. The van der Waals surface area contributed by atoms with E-state index in [-0.39, 0.29) is 5.91 Å². The van der Waals surface area contributed by atoms with Crippen LogP contribution < -0.4 is 14.9 Å². The van der Waals surface area contributed by atoms with Crippen molar-refractivity contribution >= 4 is 11.6 Å². The van der Waals surface area contributed by atoms with Crippen molar-refractivity contribution in [2.24, 2.45) is 5.10 Å². The van der Waals surface area contributed by atoms with Crippen LogP contribution in [-0.4, -0.2) is 25.3 Å². The smallest absolute Gasteiger partial charge is 0.271 e. The van der Waals surface area contributed by atoms with Crippen LogP contribution in [0.2, 0.25) is 0 Å². The molecule has 0 radical (unpaired) electrons. The molecule has 2 aromatic rings. The van der Waals surface area contributed by atoms with Crippen molar-refractivity contribution < 1.29 is 14.3 Å². The van der Waals surface area contributed by atoms with Gasteiger partial charge in [-0.3, -0.25) is 4.79 Å². The highest BCUT2D eigenvalue weighted by Crippen LogP contribution is 2.13. The van der Waals surface area contributed by atoms with E-state index in [0.717, 1.165) is 23.5 Å². The summed E-state index contributed by atoms with van der Waals surface area (Å²) < 4.78 is 10.6. The number of methoxy groups -OCH3 is 1. The number of carbonyl (C=O) groups is 1. The number of ether oxygens (including phenoxy) is 2. The van der Waals surface area contributed by atoms with Crippen LogP contribution in [0.25, 0.3) is 0 Å². The van der Waals surface area contributed by atoms with Crippen molar-refractivity contribution in [3.05, 3.63) is 59.7 Å². The molecule has 1 N–H and O–H groups in total. The Bertz CT molecular complexity index is 692. The summed E-state index contributed by atoms with van der Waals surface area (Å²) in [6.07, 6.45) is 0.946. The Balaban J connectivity index is 1.97. The second kappa shape index (κ2) is 8.72. The quantitative estimate of drug-likeness (QED) is 0.624. The number of benzene rings is 2. The minimum absolute atomic E-state index is 0.259. The van der Waals surface area contributed by atoms with Gasteiger partial charge >= 0.3 is 0 Å². The number of nitrogens with one attached hydrogen (secondary N) is 1. The molecule has 0 aliphatic carbocycles. The number of carbonyl (C=O) groups excluding carboxylic acids is 1. The molecular formula is C19H22N2O3. The summed E-state index contributed by atoms with van der Waals surface area (Å²) in [7, 11) is 1.62. The van der Waals surface area contributed by atoms with Crippen LogP contribution in [0.1, 0.15) is 36.2 Å². The molecule has 0 bridgehead atoms. The van der Waals surface area contributed by atoms with Gasteiger partial charge in [-0.2, -0.15) is 5.10 Å². The van der Waals surface area contributed by atoms with E-state index >= 15 is 0 Å². The number of hydrogen-bond donors (Lipinski definition) is 1. The Labute approximate surface area is 142 Å². The first-order valence-corrected chi connectivity index (χ1v) is 7.86. The lowest BCUT2D eigenvalue weighted by molar-refractivity contribution is 0.0955. The van der Waals surface area contributed by atoms with Crippen molar-refractivity contribution in [2.75, 3.05) is 13.7 Å². The van der Waals surface area contributed by atoms with Gasteiger partial charge in [-0.1, -0.05) is 6.92 Å². The summed E-state index contributed by atoms with van der Waals surface area (Å²) in [5, 5.41) is 4.14. The summed E-state index contributed by atoms with van der Waals surface area (Å²) in [4.78, 5) is 12.1. The summed E-state index contributed by atoms with van der Waals surface area (Å²) in [5.41, 5.74) is 4.73. The topological polar surface area (TPSA) is 59.9 Å². The average Bonchev–Trinajstić information content (AvgIpc) is 2.64. The standard InChI is InChI=1S/C19H22N2O3/c1-4-13-24-18-11-7-16(8-12-18)19(22)21-20-14(2)15-5-9-17(23-3)10-6-15/h5-12H,4,13H2,1-3H3,(H,21,22)/b20-14+. The number of rotatable bonds is 7. The van der Waals surface area contributed by atoms with E-state index in [1.807, 2.05) is 38.1 Å².